The molecule has 11 nitrogen and oxygen atoms in total. The van der Waals surface area contributed by atoms with Crippen LogP contribution in [0.15, 0.2) is 23.0 Å². The quantitative estimate of drug-likeness (QED) is 0.535. The molecule has 2 fully saturated rings. The van der Waals surface area contributed by atoms with Gasteiger partial charge in [0.05, 0.1) is 23.7 Å². The Balaban J connectivity index is 1.32. The van der Waals surface area contributed by atoms with Crippen molar-refractivity contribution < 1.29 is 23.9 Å². The zero-order valence-electron chi connectivity index (χ0n) is 22.0. The molecule has 0 radical (unpaired) electrons. The number of ether oxygens (including phenoxy) is 2. The molecule has 11 heteroatoms. The molecule has 1 aromatic carbocycles. The van der Waals surface area contributed by atoms with Gasteiger partial charge in [0.2, 0.25) is 11.8 Å². The van der Waals surface area contributed by atoms with E-state index in [1.807, 2.05) is 39.0 Å². The first-order valence-electron chi connectivity index (χ1n) is 12.9. The number of carbonyl (C=O) groups is 3. The summed E-state index contributed by atoms with van der Waals surface area (Å²) >= 11 is 0. The molecule has 2 N–H and O–H groups in total. The van der Waals surface area contributed by atoms with Crippen LogP contribution in [0.3, 0.4) is 0 Å². The van der Waals surface area contributed by atoms with Crippen molar-refractivity contribution in [2.24, 2.45) is 7.05 Å². The molecule has 3 heterocycles. The van der Waals surface area contributed by atoms with Gasteiger partial charge in [0, 0.05) is 33.1 Å². The number of piperidine rings is 1. The topological polar surface area (TPSA) is 124 Å². The highest BCUT2D eigenvalue weighted by molar-refractivity contribution is 6.00. The summed E-state index contributed by atoms with van der Waals surface area (Å²) in [5.74, 6) is -0.734. The maximum Gasteiger partial charge on any atom is 0.407 e. The first-order valence-corrected chi connectivity index (χ1v) is 12.9. The van der Waals surface area contributed by atoms with E-state index in [9.17, 15) is 19.2 Å². The Morgan fingerprint density at radius 1 is 1.22 bits per heavy atom. The molecular formula is C26H37N5O6. The van der Waals surface area contributed by atoms with E-state index in [0.717, 1.165) is 43.6 Å². The third kappa shape index (κ3) is 6.58. The second kappa shape index (κ2) is 11.1. The molecule has 2 aliphatic heterocycles. The normalized spacial score (nSPS) is 21.2. The summed E-state index contributed by atoms with van der Waals surface area (Å²) in [4.78, 5) is 51.1. The van der Waals surface area contributed by atoms with Crippen molar-refractivity contribution in [3.8, 4) is 0 Å². The van der Waals surface area contributed by atoms with Crippen molar-refractivity contribution in [1.29, 1.82) is 0 Å². The minimum atomic E-state index is -0.682. The number of hydrogen-bond donors (Lipinski definition) is 2. The van der Waals surface area contributed by atoms with Gasteiger partial charge in [-0.25, -0.2) is 9.59 Å². The van der Waals surface area contributed by atoms with Gasteiger partial charge in [-0.15, -0.1) is 0 Å². The summed E-state index contributed by atoms with van der Waals surface area (Å²) in [6.45, 7) is 8.97. The number of benzene rings is 1. The first-order chi connectivity index (χ1) is 17.5. The lowest BCUT2D eigenvalue weighted by atomic mass is 10.0. The minimum absolute atomic E-state index is 0.0841. The highest BCUT2D eigenvalue weighted by Crippen LogP contribution is 2.24. The number of hydrogen-bond acceptors (Lipinski definition) is 7. The van der Waals surface area contributed by atoms with Gasteiger partial charge in [-0.3, -0.25) is 28.9 Å². The molecule has 2 aliphatic rings. The molecule has 1 unspecified atom stereocenters. The molecule has 1 aromatic heterocycles. The maximum atomic E-state index is 12.9. The predicted molar refractivity (Wildman–Crippen MR) is 137 cm³/mol. The van der Waals surface area contributed by atoms with Crippen LogP contribution < -0.4 is 16.3 Å². The van der Waals surface area contributed by atoms with E-state index in [-0.39, 0.29) is 24.1 Å². The molecule has 202 valence electrons. The monoisotopic (exact) mass is 515 g/mol. The second-order valence-corrected chi connectivity index (χ2v) is 10.8. The lowest BCUT2D eigenvalue weighted by Gasteiger charge is -2.33. The summed E-state index contributed by atoms with van der Waals surface area (Å²) in [7, 11) is 1.70. The van der Waals surface area contributed by atoms with E-state index in [0.29, 0.717) is 25.1 Å². The van der Waals surface area contributed by atoms with Crippen molar-refractivity contribution in [2.45, 2.75) is 64.2 Å². The average molecular weight is 516 g/mol. The third-order valence-corrected chi connectivity index (χ3v) is 6.71. The Morgan fingerprint density at radius 3 is 2.73 bits per heavy atom. The van der Waals surface area contributed by atoms with Gasteiger partial charge < -0.3 is 14.8 Å². The molecule has 3 amide bonds. The fourth-order valence-electron chi connectivity index (χ4n) is 4.92. The zero-order chi connectivity index (χ0) is 26.7. The molecular weight excluding hydrogens is 478 g/mol. The smallest absolute Gasteiger partial charge is 0.407 e. The zero-order valence-corrected chi connectivity index (χ0v) is 22.0. The average Bonchev–Trinajstić information content (AvgIpc) is 3.07. The summed E-state index contributed by atoms with van der Waals surface area (Å²) in [5.41, 5.74) is 1.78. The van der Waals surface area contributed by atoms with Gasteiger partial charge in [0.15, 0.2) is 0 Å². The number of imidazole rings is 1. The number of amides is 3. The van der Waals surface area contributed by atoms with Crippen LogP contribution in [-0.2, 0) is 32.5 Å². The predicted octanol–water partition coefficient (Wildman–Crippen LogP) is 1.48. The molecule has 2 atom stereocenters. The molecule has 0 spiro atoms. The number of aryl methyl sites for hydroxylation is 2. The van der Waals surface area contributed by atoms with E-state index < -0.39 is 23.6 Å². The number of imide groups is 1. The van der Waals surface area contributed by atoms with Gasteiger partial charge in [0.25, 0.3) is 0 Å². The molecule has 0 aliphatic carbocycles. The van der Waals surface area contributed by atoms with Gasteiger partial charge in [0.1, 0.15) is 11.6 Å². The van der Waals surface area contributed by atoms with Crippen molar-refractivity contribution in [3.05, 3.63) is 34.2 Å². The number of aromatic nitrogens is 2. The van der Waals surface area contributed by atoms with Gasteiger partial charge >= 0.3 is 11.8 Å². The Kier molecular flexibility index (Phi) is 8.03. The van der Waals surface area contributed by atoms with E-state index in [4.69, 9.17) is 9.47 Å². The molecule has 0 bridgehead atoms. The van der Waals surface area contributed by atoms with Crippen molar-refractivity contribution in [3.63, 3.8) is 0 Å². The van der Waals surface area contributed by atoms with E-state index >= 15 is 0 Å². The van der Waals surface area contributed by atoms with Crippen LogP contribution in [-0.4, -0.2) is 76.4 Å². The van der Waals surface area contributed by atoms with Crippen LogP contribution in [0.25, 0.3) is 11.0 Å². The molecule has 37 heavy (non-hydrogen) atoms. The van der Waals surface area contributed by atoms with Crippen LogP contribution in [0.4, 0.5) is 4.79 Å². The summed E-state index contributed by atoms with van der Waals surface area (Å²) in [6.07, 6.45) is 1.78. The number of rotatable bonds is 7. The highest BCUT2D eigenvalue weighted by atomic mass is 16.6. The molecule has 2 aromatic rings. The fourth-order valence-corrected chi connectivity index (χ4v) is 4.92. The largest absolute Gasteiger partial charge is 0.444 e. The lowest BCUT2D eigenvalue weighted by Crippen LogP contribution is -2.48. The van der Waals surface area contributed by atoms with Crippen molar-refractivity contribution in [1.82, 2.24) is 24.7 Å². The Bertz CT molecular complexity index is 1230. The number of nitrogens with one attached hydrogen (secondary N) is 2. The second-order valence-electron chi connectivity index (χ2n) is 10.8. The van der Waals surface area contributed by atoms with Crippen LogP contribution >= 0.6 is 0 Å². The minimum Gasteiger partial charge on any atom is -0.444 e. The van der Waals surface area contributed by atoms with E-state index in [2.05, 4.69) is 15.5 Å². The van der Waals surface area contributed by atoms with Crippen LogP contribution in [0, 0.1) is 0 Å². The molecule has 2 saturated heterocycles. The van der Waals surface area contributed by atoms with Crippen molar-refractivity contribution >= 4 is 28.9 Å². The number of alkyl carbamates (subject to hydrolysis) is 1. The summed E-state index contributed by atoms with van der Waals surface area (Å²) < 4.78 is 14.1. The third-order valence-electron chi connectivity index (χ3n) is 6.71. The van der Waals surface area contributed by atoms with E-state index in [1.54, 1.807) is 11.6 Å². The van der Waals surface area contributed by atoms with Crippen LogP contribution in [0.5, 0.6) is 0 Å². The fraction of sp³-hybridized carbons (Fsp3) is 0.615. The number of carbonyl (C=O) groups excluding carboxylic acids is 3. The van der Waals surface area contributed by atoms with Crippen LogP contribution in [0.1, 0.15) is 51.6 Å². The number of morpholine rings is 1. The summed E-state index contributed by atoms with van der Waals surface area (Å²) in [5, 5.41) is 5.12. The Labute approximate surface area is 216 Å². The maximum absolute atomic E-state index is 12.9. The van der Waals surface area contributed by atoms with Gasteiger partial charge in [-0.2, -0.15) is 0 Å². The van der Waals surface area contributed by atoms with E-state index in [1.165, 1.54) is 4.57 Å². The standard InChI is InChI=1S/C26H37N5O6/c1-26(2,3)37-24(34)27-15-18-16-30(12-13-36-18)11-5-6-17-7-8-19-21(14-17)29(4)25(35)31(19)20-9-10-22(32)28-23(20)33/h7-8,14,18,20H,5-6,9-13,15-16H2,1-4H3,(H,27,34)(H,28,32,33)/t18-,20?/m0/s1. The lowest BCUT2D eigenvalue weighted by molar-refractivity contribution is -0.135. The first kappa shape index (κ1) is 26.9. The van der Waals surface area contributed by atoms with Gasteiger partial charge in [-0.1, -0.05) is 6.07 Å². The number of fused-ring (bicyclic) bond motifs is 1. The number of nitrogens with zero attached hydrogens (tertiary/aromatic N) is 3. The Hall–Kier alpha value is -3.18. The molecule has 4 rings (SSSR count). The Morgan fingerprint density at radius 2 is 2.00 bits per heavy atom. The van der Waals surface area contributed by atoms with Crippen molar-refractivity contribution in [2.75, 3.05) is 32.8 Å². The summed E-state index contributed by atoms with van der Waals surface area (Å²) in [6, 6.07) is 5.21. The van der Waals surface area contributed by atoms with Crippen LogP contribution in [0.2, 0.25) is 0 Å². The highest BCUT2D eigenvalue weighted by Gasteiger charge is 2.31. The SMILES string of the molecule is Cn1c(=O)n(C2CCC(=O)NC2=O)c2ccc(CCCN3CCO[C@@H](CNC(=O)OC(C)(C)C)C3)cc21. The molecule has 0 saturated carbocycles. The van der Waals surface area contributed by atoms with Gasteiger partial charge in [-0.05, 0) is 64.3 Å².